The number of aliphatic hydroxyl groups is 1. The van der Waals surface area contributed by atoms with Crippen molar-refractivity contribution in [3.05, 3.63) is 35.4 Å². The van der Waals surface area contributed by atoms with Crippen molar-refractivity contribution in [2.45, 2.75) is 57.1 Å². The van der Waals surface area contributed by atoms with Crippen LogP contribution in [0.2, 0.25) is 0 Å². The number of amides is 1. The number of hydrogen-bond acceptors (Lipinski definition) is 6. The molecule has 0 bridgehead atoms. The smallest absolute Gasteiger partial charge is 0.233 e. The molecule has 0 aliphatic carbocycles. The maximum atomic E-state index is 13.1. The lowest BCUT2D eigenvalue weighted by atomic mass is 9.87. The minimum absolute atomic E-state index is 0.0712. The van der Waals surface area contributed by atoms with Crippen LogP contribution in [0.15, 0.2) is 18.3 Å². The van der Waals surface area contributed by atoms with Crippen molar-refractivity contribution < 1.29 is 9.90 Å². The molecule has 0 spiro atoms. The average molecular weight is 356 g/mol. The van der Waals surface area contributed by atoms with Crippen molar-refractivity contribution >= 4 is 5.91 Å². The Morgan fingerprint density at radius 2 is 2.04 bits per heavy atom. The maximum absolute atomic E-state index is 13.1. The number of piperidine rings is 1. The zero-order chi connectivity index (χ0) is 18.1. The second-order valence-corrected chi connectivity index (χ2v) is 7.39. The van der Waals surface area contributed by atoms with E-state index in [1.807, 2.05) is 24.0 Å². The maximum Gasteiger partial charge on any atom is 0.233 e. The van der Waals surface area contributed by atoms with Crippen LogP contribution in [0, 0.1) is 6.92 Å². The van der Waals surface area contributed by atoms with Crippen molar-refractivity contribution in [3.63, 3.8) is 0 Å². The first-order valence-corrected chi connectivity index (χ1v) is 9.27. The first kappa shape index (κ1) is 17.1. The van der Waals surface area contributed by atoms with Crippen molar-refractivity contribution in [2.75, 3.05) is 13.1 Å². The molecule has 2 aliphatic rings. The first-order valence-electron chi connectivity index (χ1n) is 9.27. The lowest BCUT2D eigenvalue weighted by molar-refractivity contribution is -0.138. The third-order valence-electron chi connectivity index (χ3n) is 5.57. The van der Waals surface area contributed by atoms with E-state index in [1.165, 1.54) is 0 Å². The molecule has 138 valence electrons. The number of tetrazole rings is 1. The van der Waals surface area contributed by atoms with E-state index in [9.17, 15) is 9.90 Å². The predicted octanol–water partition coefficient (Wildman–Crippen LogP) is 1.15. The van der Waals surface area contributed by atoms with E-state index in [0.717, 1.165) is 31.4 Å². The van der Waals surface area contributed by atoms with Gasteiger partial charge in [-0.05, 0) is 54.7 Å². The summed E-state index contributed by atoms with van der Waals surface area (Å²) in [5.74, 6) is 0.464. The molecule has 0 unspecified atom stereocenters. The van der Waals surface area contributed by atoms with Crippen LogP contribution in [0.1, 0.15) is 55.1 Å². The number of pyridine rings is 1. The van der Waals surface area contributed by atoms with Crippen LogP contribution >= 0.6 is 0 Å². The van der Waals surface area contributed by atoms with Crippen LogP contribution in [0.4, 0.5) is 0 Å². The summed E-state index contributed by atoms with van der Waals surface area (Å²) < 4.78 is 1.76. The Kier molecular flexibility index (Phi) is 4.44. The van der Waals surface area contributed by atoms with Crippen molar-refractivity contribution in [3.8, 4) is 0 Å². The number of fused-ring (bicyclic) bond motifs is 1. The van der Waals surface area contributed by atoms with Crippen LogP contribution < -0.4 is 0 Å². The summed E-state index contributed by atoms with van der Waals surface area (Å²) in [6.45, 7) is 3.78. The Hall–Kier alpha value is -2.35. The fourth-order valence-electron chi connectivity index (χ4n) is 3.91. The summed E-state index contributed by atoms with van der Waals surface area (Å²) in [7, 11) is 0. The Morgan fingerprint density at radius 1 is 1.23 bits per heavy atom. The first-order chi connectivity index (χ1) is 12.6. The van der Waals surface area contributed by atoms with Crippen molar-refractivity contribution in [1.29, 1.82) is 0 Å². The largest absolute Gasteiger partial charge is 0.383 e. The fraction of sp³-hybridized carbons (Fsp3) is 0.611. The topological polar surface area (TPSA) is 97.0 Å². The zero-order valence-corrected chi connectivity index (χ0v) is 15.0. The van der Waals surface area contributed by atoms with E-state index in [0.29, 0.717) is 37.4 Å². The van der Waals surface area contributed by atoms with Crippen LogP contribution in [0.5, 0.6) is 0 Å². The van der Waals surface area contributed by atoms with Crippen LogP contribution in [0.3, 0.4) is 0 Å². The lowest BCUT2D eigenvalue weighted by Crippen LogP contribution is -2.47. The molecule has 4 rings (SSSR count). The molecule has 2 aliphatic heterocycles. The molecule has 1 N–H and O–H groups in total. The molecule has 0 saturated carbocycles. The number of nitrogens with zero attached hydrogens (tertiary/aromatic N) is 6. The molecule has 1 fully saturated rings. The average Bonchev–Trinajstić information content (AvgIpc) is 3.02. The molecule has 4 heterocycles. The number of carbonyl (C=O) groups is 1. The van der Waals surface area contributed by atoms with Gasteiger partial charge < -0.3 is 10.0 Å². The Labute approximate surface area is 152 Å². The monoisotopic (exact) mass is 356 g/mol. The molecule has 2 aromatic rings. The van der Waals surface area contributed by atoms with Crippen molar-refractivity contribution in [1.82, 2.24) is 30.1 Å². The number of hydrogen-bond donors (Lipinski definition) is 1. The third-order valence-corrected chi connectivity index (χ3v) is 5.57. The molecule has 1 atom stereocenters. The van der Waals surface area contributed by atoms with Gasteiger partial charge in [-0.1, -0.05) is 12.5 Å². The van der Waals surface area contributed by atoms with Crippen LogP contribution in [-0.2, 0) is 16.9 Å². The van der Waals surface area contributed by atoms with Gasteiger partial charge >= 0.3 is 0 Å². The minimum Gasteiger partial charge on any atom is -0.383 e. The number of aryl methyl sites for hydroxylation is 2. The molecular formula is C18H24N6O2. The van der Waals surface area contributed by atoms with Crippen molar-refractivity contribution in [2.24, 2.45) is 0 Å². The van der Waals surface area contributed by atoms with E-state index >= 15 is 0 Å². The van der Waals surface area contributed by atoms with E-state index in [4.69, 9.17) is 0 Å². The summed E-state index contributed by atoms with van der Waals surface area (Å²) in [5.41, 5.74) is 0.792. The van der Waals surface area contributed by atoms with Gasteiger partial charge in [-0.2, -0.15) is 0 Å². The standard InChI is InChI=1S/C18H24N6O2/c1-13-5-6-15(19-12-13)18(26)7-10-23(11-8-18)17(25)14-4-2-3-9-24-16(14)20-21-22-24/h5-6,12,14,26H,2-4,7-11H2,1H3/t14-/m1/s1. The molecule has 0 radical (unpaired) electrons. The molecule has 8 nitrogen and oxygen atoms in total. The van der Waals surface area contributed by atoms with E-state index in [1.54, 1.807) is 10.9 Å². The molecule has 1 saturated heterocycles. The summed E-state index contributed by atoms with van der Waals surface area (Å²) in [4.78, 5) is 19.3. The van der Waals surface area contributed by atoms with E-state index in [-0.39, 0.29) is 11.8 Å². The molecule has 26 heavy (non-hydrogen) atoms. The highest BCUT2D eigenvalue weighted by atomic mass is 16.3. The highest BCUT2D eigenvalue weighted by molar-refractivity contribution is 5.83. The van der Waals surface area contributed by atoms with Gasteiger partial charge in [0.15, 0.2) is 5.82 Å². The summed E-state index contributed by atoms with van der Waals surface area (Å²) >= 11 is 0. The van der Waals surface area contributed by atoms with Gasteiger partial charge in [0.2, 0.25) is 5.91 Å². The molecule has 8 heteroatoms. The lowest BCUT2D eigenvalue weighted by Gasteiger charge is -2.38. The Bertz CT molecular complexity index is 779. The molecule has 2 aromatic heterocycles. The molecule has 0 aromatic carbocycles. The van der Waals surface area contributed by atoms with Crippen LogP contribution in [0.25, 0.3) is 0 Å². The second-order valence-electron chi connectivity index (χ2n) is 7.39. The summed E-state index contributed by atoms with van der Waals surface area (Å²) in [5, 5.41) is 22.8. The fourth-order valence-corrected chi connectivity index (χ4v) is 3.91. The van der Waals surface area contributed by atoms with Gasteiger partial charge in [0, 0.05) is 25.8 Å². The number of rotatable bonds is 2. The predicted molar refractivity (Wildman–Crippen MR) is 93.1 cm³/mol. The summed E-state index contributed by atoms with van der Waals surface area (Å²) in [6, 6.07) is 3.84. The van der Waals surface area contributed by atoms with Gasteiger partial charge in [0.25, 0.3) is 0 Å². The molecule has 1 amide bonds. The van der Waals surface area contributed by atoms with E-state index < -0.39 is 5.60 Å². The van der Waals surface area contributed by atoms with Gasteiger partial charge in [-0.25, -0.2) is 4.68 Å². The quantitative estimate of drug-likeness (QED) is 0.867. The number of likely N-dealkylation sites (tertiary alicyclic amines) is 1. The van der Waals surface area contributed by atoms with Gasteiger partial charge in [0.1, 0.15) is 5.60 Å². The molecular weight excluding hydrogens is 332 g/mol. The zero-order valence-electron chi connectivity index (χ0n) is 15.0. The van der Waals surface area contributed by atoms with Crippen LogP contribution in [-0.4, -0.2) is 54.2 Å². The number of carbonyl (C=O) groups excluding carboxylic acids is 1. The van der Waals surface area contributed by atoms with Gasteiger partial charge in [-0.3, -0.25) is 9.78 Å². The Morgan fingerprint density at radius 3 is 2.77 bits per heavy atom. The Balaban J connectivity index is 1.46. The number of aromatic nitrogens is 5. The second kappa shape index (κ2) is 6.75. The SMILES string of the molecule is Cc1ccc(C2(O)CCN(C(=O)[C@@H]3CCCCn4nnnc43)CC2)nc1. The highest BCUT2D eigenvalue weighted by Crippen LogP contribution is 2.34. The van der Waals surface area contributed by atoms with E-state index in [2.05, 4.69) is 20.5 Å². The minimum atomic E-state index is -0.963. The summed E-state index contributed by atoms with van der Waals surface area (Å²) in [6.07, 6.45) is 5.50. The normalized spacial score (nSPS) is 22.5. The third kappa shape index (κ3) is 3.09. The van der Waals surface area contributed by atoms with Gasteiger partial charge in [-0.15, -0.1) is 5.10 Å². The highest BCUT2D eigenvalue weighted by Gasteiger charge is 2.39. The van der Waals surface area contributed by atoms with Gasteiger partial charge in [0.05, 0.1) is 11.6 Å².